The maximum atomic E-state index is 5.30. The zero-order valence-corrected chi connectivity index (χ0v) is 12.8. The van der Waals surface area contributed by atoms with Gasteiger partial charge in [0.25, 0.3) is 0 Å². The standard InChI is InChI=1S/C13H26N4OS/c1-3-12(4-2)11-15-16-13(19)14-5-6-17-7-9-18-10-8-17/h11-12H,3-10H2,1-2H3,(H2,14,16,19). The van der Waals surface area contributed by atoms with Crippen LogP contribution in [0.2, 0.25) is 0 Å². The molecule has 0 amide bonds. The molecule has 0 aromatic heterocycles. The quantitative estimate of drug-likeness (QED) is 0.418. The van der Waals surface area contributed by atoms with Crippen LogP contribution in [0, 0.1) is 5.92 Å². The Hall–Kier alpha value is -0.720. The van der Waals surface area contributed by atoms with Gasteiger partial charge in [-0.15, -0.1) is 0 Å². The molecule has 0 bridgehead atoms. The zero-order chi connectivity index (χ0) is 13.9. The van der Waals surface area contributed by atoms with Gasteiger partial charge >= 0.3 is 0 Å². The van der Waals surface area contributed by atoms with Gasteiger partial charge in [0.2, 0.25) is 0 Å². The highest BCUT2D eigenvalue weighted by molar-refractivity contribution is 7.80. The summed E-state index contributed by atoms with van der Waals surface area (Å²) in [5.41, 5.74) is 2.87. The van der Waals surface area contributed by atoms with Crippen LogP contribution >= 0.6 is 12.2 Å². The summed E-state index contributed by atoms with van der Waals surface area (Å²) in [5, 5.41) is 7.92. The van der Waals surface area contributed by atoms with Gasteiger partial charge in [0.15, 0.2) is 5.11 Å². The van der Waals surface area contributed by atoms with E-state index in [0.717, 1.165) is 52.2 Å². The predicted molar refractivity (Wildman–Crippen MR) is 83.6 cm³/mol. The molecule has 1 aliphatic rings. The molecule has 1 aliphatic heterocycles. The van der Waals surface area contributed by atoms with Crippen molar-refractivity contribution in [2.45, 2.75) is 26.7 Å². The number of nitrogens with one attached hydrogen (secondary N) is 2. The van der Waals surface area contributed by atoms with Crippen LogP contribution in [0.5, 0.6) is 0 Å². The van der Waals surface area contributed by atoms with Crippen molar-refractivity contribution in [2.24, 2.45) is 11.0 Å². The predicted octanol–water partition coefficient (Wildman–Crippen LogP) is 1.20. The molecule has 0 aliphatic carbocycles. The molecule has 0 saturated carbocycles. The van der Waals surface area contributed by atoms with Gasteiger partial charge in [0.1, 0.15) is 0 Å². The minimum atomic E-state index is 0.531. The molecule has 1 saturated heterocycles. The molecule has 5 nitrogen and oxygen atoms in total. The second kappa shape index (κ2) is 10.1. The van der Waals surface area contributed by atoms with Gasteiger partial charge in [-0.2, -0.15) is 5.10 Å². The fourth-order valence-corrected chi connectivity index (χ4v) is 2.05. The summed E-state index contributed by atoms with van der Waals surface area (Å²) < 4.78 is 5.30. The van der Waals surface area contributed by atoms with E-state index in [9.17, 15) is 0 Å². The number of nitrogens with zero attached hydrogens (tertiary/aromatic N) is 2. The zero-order valence-electron chi connectivity index (χ0n) is 12.0. The van der Waals surface area contributed by atoms with Crippen LogP contribution in [-0.2, 0) is 4.74 Å². The maximum Gasteiger partial charge on any atom is 0.186 e. The summed E-state index contributed by atoms with van der Waals surface area (Å²) in [7, 11) is 0. The molecule has 0 radical (unpaired) electrons. The highest BCUT2D eigenvalue weighted by atomic mass is 32.1. The number of ether oxygens (including phenoxy) is 1. The molecule has 1 rings (SSSR count). The van der Waals surface area contributed by atoms with Crippen LogP contribution in [0.25, 0.3) is 0 Å². The van der Waals surface area contributed by atoms with Gasteiger partial charge in [0.05, 0.1) is 13.2 Å². The summed E-state index contributed by atoms with van der Waals surface area (Å²) >= 11 is 5.17. The van der Waals surface area contributed by atoms with Crippen molar-refractivity contribution in [3.05, 3.63) is 0 Å². The Morgan fingerprint density at radius 2 is 2.05 bits per heavy atom. The van der Waals surface area contributed by atoms with Crippen molar-refractivity contribution in [2.75, 3.05) is 39.4 Å². The summed E-state index contributed by atoms with van der Waals surface area (Å²) in [6.45, 7) is 9.85. The Labute approximate surface area is 121 Å². The third-order valence-electron chi connectivity index (χ3n) is 3.32. The van der Waals surface area contributed by atoms with Crippen LogP contribution in [0.1, 0.15) is 26.7 Å². The second-order valence-corrected chi connectivity index (χ2v) is 5.08. The van der Waals surface area contributed by atoms with Crippen LogP contribution in [0.4, 0.5) is 0 Å². The summed E-state index contributed by atoms with van der Waals surface area (Å²) in [6, 6.07) is 0. The lowest BCUT2D eigenvalue weighted by atomic mass is 10.1. The van der Waals surface area contributed by atoms with Gasteiger partial charge in [-0.25, -0.2) is 0 Å². The molecule has 1 heterocycles. The van der Waals surface area contributed by atoms with Gasteiger partial charge in [-0.1, -0.05) is 13.8 Å². The molecule has 0 atom stereocenters. The average molecular weight is 286 g/mol. The third kappa shape index (κ3) is 7.44. The smallest absolute Gasteiger partial charge is 0.186 e. The SMILES string of the molecule is CCC(C=NNC(=S)NCCN1CCOCC1)CC. The van der Waals surface area contributed by atoms with E-state index in [2.05, 4.69) is 34.6 Å². The molecule has 6 heteroatoms. The highest BCUT2D eigenvalue weighted by Crippen LogP contribution is 2.02. The Morgan fingerprint density at radius 1 is 1.37 bits per heavy atom. The number of rotatable bonds is 7. The minimum absolute atomic E-state index is 0.531. The van der Waals surface area contributed by atoms with E-state index in [0.29, 0.717) is 11.0 Å². The number of hydrazone groups is 1. The largest absolute Gasteiger partial charge is 0.379 e. The van der Waals surface area contributed by atoms with Crippen molar-refractivity contribution >= 4 is 23.5 Å². The highest BCUT2D eigenvalue weighted by Gasteiger charge is 2.09. The molecule has 0 aromatic carbocycles. The summed E-state index contributed by atoms with van der Waals surface area (Å²) in [5.74, 6) is 0.531. The molecule has 0 spiro atoms. The molecule has 0 unspecified atom stereocenters. The van der Waals surface area contributed by atoms with Gasteiger partial charge in [-0.3, -0.25) is 10.3 Å². The lowest BCUT2D eigenvalue weighted by Crippen LogP contribution is -2.42. The lowest BCUT2D eigenvalue weighted by Gasteiger charge is -2.26. The summed E-state index contributed by atoms with van der Waals surface area (Å²) in [6.07, 6.45) is 4.16. The van der Waals surface area contributed by atoms with Gasteiger partial charge in [0, 0.05) is 32.4 Å². The molecule has 110 valence electrons. The Bertz CT molecular complexity index is 276. The van der Waals surface area contributed by atoms with E-state index in [1.54, 1.807) is 0 Å². The first-order valence-corrected chi connectivity index (χ1v) is 7.54. The van der Waals surface area contributed by atoms with E-state index >= 15 is 0 Å². The molecular weight excluding hydrogens is 260 g/mol. The van der Waals surface area contributed by atoms with E-state index in [-0.39, 0.29) is 0 Å². The van der Waals surface area contributed by atoms with Crippen molar-refractivity contribution in [3.8, 4) is 0 Å². The monoisotopic (exact) mass is 286 g/mol. The Kier molecular flexibility index (Phi) is 8.69. The van der Waals surface area contributed by atoms with Crippen molar-refractivity contribution in [3.63, 3.8) is 0 Å². The van der Waals surface area contributed by atoms with E-state index in [1.165, 1.54) is 0 Å². The van der Waals surface area contributed by atoms with Crippen LogP contribution < -0.4 is 10.7 Å². The first-order valence-electron chi connectivity index (χ1n) is 7.13. The maximum absolute atomic E-state index is 5.30. The topological polar surface area (TPSA) is 48.9 Å². The van der Waals surface area contributed by atoms with E-state index in [1.807, 2.05) is 6.21 Å². The lowest BCUT2D eigenvalue weighted by molar-refractivity contribution is 0.0389. The molecule has 1 fully saturated rings. The fourth-order valence-electron chi connectivity index (χ4n) is 1.89. The van der Waals surface area contributed by atoms with Crippen LogP contribution in [-0.4, -0.2) is 55.6 Å². The molecule has 19 heavy (non-hydrogen) atoms. The number of morpholine rings is 1. The van der Waals surface area contributed by atoms with Crippen molar-refractivity contribution in [1.29, 1.82) is 0 Å². The molecule has 0 aromatic rings. The summed E-state index contributed by atoms with van der Waals surface area (Å²) in [4.78, 5) is 2.37. The number of hydrogen-bond acceptors (Lipinski definition) is 4. The van der Waals surface area contributed by atoms with E-state index in [4.69, 9.17) is 17.0 Å². The minimum Gasteiger partial charge on any atom is -0.379 e. The van der Waals surface area contributed by atoms with Crippen molar-refractivity contribution < 1.29 is 4.74 Å². The van der Waals surface area contributed by atoms with Crippen LogP contribution in [0.15, 0.2) is 5.10 Å². The van der Waals surface area contributed by atoms with Crippen LogP contribution in [0.3, 0.4) is 0 Å². The number of hydrogen-bond donors (Lipinski definition) is 2. The second-order valence-electron chi connectivity index (χ2n) is 4.68. The molecular formula is C13H26N4OS. The molecule has 2 N–H and O–H groups in total. The average Bonchev–Trinajstić information content (AvgIpc) is 2.45. The number of thiocarbonyl (C=S) groups is 1. The first-order chi connectivity index (χ1) is 9.26. The van der Waals surface area contributed by atoms with Gasteiger partial charge in [-0.05, 0) is 31.0 Å². The van der Waals surface area contributed by atoms with E-state index < -0.39 is 0 Å². The first kappa shape index (κ1) is 16.3. The van der Waals surface area contributed by atoms with Gasteiger partial charge < -0.3 is 10.1 Å². The Morgan fingerprint density at radius 3 is 2.68 bits per heavy atom. The third-order valence-corrected chi connectivity index (χ3v) is 3.55. The fraction of sp³-hybridized carbons (Fsp3) is 0.846. The van der Waals surface area contributed by atoms with Crippen molar-refractivity contribution in [1.82, 2.24) is 15.6 Å². The normalized spacial score (nSPS) is 17.0. The Balaban J connectivity index is 2.07.